The Morgan fingerprint density at radius 2 is 1.64 bits per heavy atom. The van der Waals surface area contributed by atoms with Crippen LogP contribution >= 0.6 is 0 Å². The molecule has 8 nitrogen and oxygen atoms in total. The average molecular weight is 488 g/mol. The van der Waals surface area contributed by atoms with E-state index >= 15 is 0 Å². The van der Waals surface area contributed by atoms with Gasteiger partial charge in [-0.05, 0) is 61.0 Å². The second kappa shape index (κ2) is 9.95. The van der Waals surface area contributed by atoms with Crippen molar-refractivity contribution in [2.24, 2.45) is 0 Å². The topological polar surface area (TPSA) is 102 Å². The molecule has 36 heavy (non-hydrogen) atoms. The van der Waals surface area contributed by atoms with E-state index in [1.165, 1.54) is 26.0 Å². The second-order valence-corrected chi connectivity index (χ2v) is 8.24. The zero-order valence-corrected chi connectivity index (χ0v) is 20.3. The highest BCUT2D eigenvalue weighted by Crippen LogP contribution is 2.44. The third-order valence-electron chi connectivity index (χ3n) is 5.84. The van der Waals surface area contributed by atoms with Crippen molar-refractivity contribution in [3.8, 4) is 17.2 Å². The quantitative estimate of drug-likeness (QED) is 0.179. The van der Waals surface area contributed by atoms with Crippen LogP contribution in [0.25, 0.3) is 5.76 Å². The molecule has 0 aromatic heterocycles. The summed E-state index contributed by atoms with van der Waals surface area (Å²) in [6.45, 7) is 3.12. The van der Waals surface area contributed by atoms with Crippen LogP contribution in [0.5, 0.6) is 17.2 Å². The molecule has 3 aromatic rings. The number of carbonyl (C=O) groups excluding carboxylic acids is 3. The molecule has 1 aliphatic rings. The van der Waals surface area contributed by atoms with Gasteiger partial charge in [-0.3, -0.25) is 19.3 Å². The third-order valence-corrected chi connectivity index (χ3v) is 5.84. The van der Waals surface area contributed by atoms with Crippen LogP contribution in [0, 0.1) is 6.92 Å². The highest BCUT2D eigenvalue weighted by Gasteiger charge is 2.47. The summed E-state index contributed by atoms with van der Waals surface area (Å²) in [5, 5.41) is 11.4. The largest absolute Gasteiger partial charge is 0.507 e. The summed E-state index contributed by atoms with van der Waals surface area (Å²) in [5.41, 5.74) is 1.90. The van der Waals surface area contributed by atoms with E-state index in [2.05, 4.69) is 0 Å². The standard InChI is InChI=1S/C28H25NO7/c1-16-8-13-23(35-4)22(14-16)26(31)24-25(18-6-5-7-21(15-18)36-17(2)30)29(28(33)27(24)32)19-9-11-20(34-3)12-10-19/h5-15,25,31H,1-4H3/b26-24+. The first-order valence-electron chi connectivity index (χ1n) is 11.1. The summed E-state index contributed by atoms with van der Waals surface area (Å²) < 4.78 is 15.9. The number of hydrogen-bond donors (Lipinski definition) is 1. The van der Waals surface area contributed by atoms with E-state index in [0.29, 0.717) is 22.7 Å². The lowest BCUT2D eigenvalue weighted by Gasteiger charge is -2.26. The van der Waals surface area contributed by atoms with Crippen LogP contribution in [-0.4, -0.2) is 37.0 Å². The molecule has 1 fully saturated rings. The molecule has 0 radical (unpaired) electrons. The number of ketones is 1. The number of ether oxygens (including phenoxy) is 3. The number of aliphatic hydroxyl groups is 1. The lowest BCUT2D eigenvalue weighted by Crippen LogP contribution is -2.29. The first-order chi connectivity index (χ1) is 17.2. The molecular formula is C28H25NO7. The Hall–Kier alpha value is -4.59. The number of benzene rings is 3. The summed E-state index contributed by atoms with van der Waals surface area (Å²) in [6, 6.07) is 17.3. The molecule has 8 heteroatoms. The number of esters is 1. The van der Waals surface area contributed by atoms with Gasteiger partial charge >= 0.3 is 5.97 Å². The molecule has 0 aliphatic carbocycles. The lowest BCUT2D eigenvalue weighted by molar-refractivity contribution is -0.132. The van der Waals surface area contributed by atoms with Crippen LogP contribution in [0.2, 0.25) is 0 Å². The number of Topliss-reactive ketones (excluding diaryl/α,β-unsaturated/α-hetero) is 1. The second-order valence-electron chi connectivity index (χ2n) is 8.24. The maximum atomic E-state index is 13.4. The minimum absolute atomic E-state index is 0.111. The number of rotatable bonds is 6. The van der Waals surface area contributed by atoms with E-state index < -0.39 is 23.7 Å². The molecule has 1 saturated heterocycles. The Bertz CT molecular complexity index is 1370. The van der Waals surface area contributed by atoms with Gasteiger partial charge in [0.2, 0.25) is 0 Å². The van der Waals surface area contributed by atoms with Crippen LogP contribution in [0.15, 0.2) is 72.3 Å². The molecular weight excluding hydrogens is 462 g/mol. The van der Waals surface area contributed by atoms with E-state index in [1.54, 1.807) is 60.7 Å². The molecule has 0 saturated carbocycles. The minimum Gasteiger partial charge on any atom is -0.507 e. The number of anilines is 1. The van der Waals surface area contributed by atoms with Gasteiger partial charge in [0, 0.05) is 12.6 Å². The number of hydrogen-bond acceptors (Lipinski definition) is 7. The Balaban J connectivity index is 1.97. The fraction of sp³-hybridized carbons (Fsp3) is 0.179. The number of carbonyl (C=O) groups is 3. The van der Waals surface area contributed by atoms with Crippen LogP contribution in [-0.2, 0) is 14.4 Å². The zero-order chi connectivity index (χ0) is 26.0. The van der Waals surface area contributed by atoms with Crippen molar-refractivity contribution < 1.29 is 33.7 Å². The average Bonchev–Trinajstić information content (AvgIpc) is 3.13. The smallest absolute Gasteiger partial charge is 0.308 e. The molecule has 1 heterocycles. The van der Waals surface area contributed by atoms with Crippen molar-refractivity contribution in [1.29, 1.82) is 0 Å². The van der Waals surface area contributed by atoms with E-state index in [9.17, 15) is 19.5 Å². The van der Waals surface area contributed by atoms with E-state index in [0.717, 1.165) is 5.56 Å². The zero-order valence-electron chi connectivity index (χ0n) is 20.3. The van der Waals surface area contributed by atoms with Gasteiger partial charge in [0.05, 0.1) is 31.4 Å². The number of nitrogens with zero attached hydrogens (tertiary/aromatic N) is 1. The Labute approximate surface area is 208 Å². The first kappa shape index (κ1) is 24.5. The Morgan fingerprint density at radius 1 is 0.917 bits per heavy atom. The monoisotopic (exact) mass is 487 g/mol. The molecule has 0 bridgehead atoms. The highest BCUT2D eigenvalue weighted by molar-refractivity contribution is 6.51. The summed E-state index contributed by atoms with van der Waals surface area (Å²) in [7, 11) is 2.98. The van der Waals surface area contributed by atoms with Gasteiger partial charge in [0.25, 0.3) is 11.7 Å². The van der Waals surface area contributed by atoms with Gasteiger partial charge in [-0.25, -0.2) is 0 Å². The molecule has 4 rings (SSSR count). The van der Waals surface area contributed by atoms with Crippen molar-refractivity contribution in [2.45, 2.75) is 19.9 Å². The highest BCUT2D eigenvalue weighted by atomic mass is 16.5. The fourth-order valence-corrected chi connectivity index (χ4v) is 4.22. The number of methoxy groups -OCH3 is 2. The van der Waals surface area contributed by atoms with Crippen LogP contribution < -0.4 is 19.1 Å². The van der Waals surface area contributed by atoms with E-state index in [-0.39, 0.29) is 22.6 Å². The normalized spacial score (nSPS) is 16.7. The van der Waals surface area contributed by atoms with Crippen molar-refractivity contribution in [2.75, 3.05) is 19.1 Å². The van der Waals surface area contributed by atoms with Crippen molar-refractivity contribution >= 4 is 29.1 Å². The molecule has 0 spiro atoms. The summed E-state index contributed by atoms with van der Waals surface area (Å²) in [4.78, 5) is 39.6. The molecule has 1 unspecified atom stereocenters. The van der Waals surface area contributed by atoms with Gasteiger partial charge in [-0.1, -0.05) is 23.8 Å². The first-order valence-corrected chi connectivity index (χ1v) is 11.1. The molecule has 184 valence electrons. The van der Waals surface area contributed by atoms with Crippen molar-refractivity contribution in [1.82, 2.24) is 0 Å². The summed E-state index contributed by atoms with van der Waals surface area (Å²) in [5.74, 6) is -1.37. The SMILES string of the molecule is COc1ccc(N2C(=O)C(=O)/C(=C(/O)c3cc(C)ccc3OC)C2c2cccc(OC(C)=O)c2)cc1. The predicted molar refractivity (Wildman–Crippen MR) is 133 cm³/mol. The van der Waals surface area contributed by atoms with Crippen molar-refractivity contribution in [3.63, 3.8) is 0 Å². The minimum atomic E-state index is -1.00. The number of aliphatic hydroxyl groups excluding tert-OH is 1. The maximum Gasteiger partial charge on any atom is 0.308 e. The van der Waals surface area contributed by atoms with E-state index in [4.69, 9.17) is 14.2 Å². The van der Waals surface area contributed by atoms with Gasteiger partial charge < -0.3 is 19.3 Å². The predicted octanol–water partition coefficient (Wildman–Crippen LogP) is 4.56. The third kappa shape index (κ3) is 4.53. The van der Waals surface area contributed by atoms with Gasteiger partial charge in [-0.15, -0.1) is 0 Å². The number of amides is 1. The van der Waals surface area contributed by atoms with Gasteiger partial charge in [-0.2, -0.15) is 0 Å². The van der Waals surface area contributed by atoms with Crippen LogP contribution in [0.1, 0.15) is 29.7 Å². The number of aryl methyl sites for hydroxylation is 1. The molecule has 1 atom stereocenters. The van der Waals surface area contributed by atoms with Crippen molar-refractivity contribution in [3.05, 3.63) is 89.0 Å². The molecule has 1 amide bonds. The van der Waals surface area contributed by atoms with E-state index in [1.807, 2.05) is 13.0 Å². The fourth-order valence-electron chi connectivity index (χ4n) is 4.22. The van der Waals surface area contributed by atoms with Crippen LogP contribution in [0.4, 0.5) is 5.69 Å². The molecule has 1 N–H and O–H groups in total. The Morgan fingerprint density at radius 3 is 2.28 bits per heavy atom. The summed E-state index contributed by atoms with van der Waals surface area (Å²) in [6.07, 6.45) is 0. The van der Waals surface area contributed by atoms with Crippen LogP contribution in [0.3, 0.4) is 0 Å². The summed E-state index contributed by atoms with van der Waals surface area (Å²) >= 11 is 0. The molecule has 1 aliphatic heterocycles. The maximum absolute atomic E-state index is 13.4. The Kier molecular flexibility index (Phi) is 6.78. The van der Waals surface area contributed by atoms with Gasteiger partial charge in [0.15, 0.2) is 0 Å². The van der Waals surface area contributed by atoms with Gasteiger partial charge in [0.1, 0.15) is 23.0 Å². The molecule has 3 aromatic carbocycles. The lowest BCUT2D eigenvalue weighted by atomic mass is 9.94.